The van der Waals surface area contributed by atoms with Gasteiger partial charge >= 0.3 is 6.03 Å². The van der Waals surface area contributed by atoms with Crippen molar-refractivity contribution in [3.05, 3.63) is 59.8 Å². The minimum atomic E-state index is -0.128. The summed E-state index contributed by atoms with van der Waals surface area (Å²) in [5.74, 6) is 1.37. The van der Waals surface area contributed by atoms with Crippen LogP contribution in [-0.4, -0.2) is 38.1 Å². The van der Waals surface area contributed by atoms with Crippen LogP contribution in [0.3, 0.4) is 0 Å². The van der Waals surface area contributed by atoms with E-state index in [-0.39, 0.29) is 18.1 Å². The van der Waals surface area contributed by atoms with E-state index in [4.69, 9.17) is 11.6 Å². The molecule has 8 nitrogen and oxygen atoms in total. The van der Waals surface area contributed by atoms with Crippen molar-refractivity contribution in [2.45, 2.75) is 39.3 Å². The van der Waals surface area contributed by atoms with Gasteiger partial charge in [-0.3, -0.25) is 4.90 Å². The molecule has 162 valence electrons. The summed E-state index contributed by atoms with van der Waals surface area (Å²) in [5.41, 5.74) is 1.86. The van der Waals surface area contributed by atoms with E-state index in [1.807, 2.05) is 35.0 Å². The van der Waals surface area contributed by atoms with Crippen LogP contribution < -0.4 is 15.5 Å². The second-order valence-corrected chi connectivity index (χ2v) is 8.33. The smallest absolute Gasteiger partial charge is 0.323 e. The number of hydrogen-bond acceptors (Lipinski definition) is 5. The van der Waals surface area contributed by atoms with Crippen molar-refractivity contribution in [2.75, 3.05) is 16.8 Å². The second kappa shape index (κ2) is 8.93. The summed E-state index contributed by atoms with van der Waals surface area (Å²) in [6, 6.07) is 9.22. The lowest BCUT2D eigenvalue weighted by Crippen LogP contribution is -2.38. The fraction of sp³-hybridized carbons (Fsp3) is 0.364. The molecule has 1 fully saturated rings. The van der Waals surface area contributed by atoms with Crippen LogP contribution in [-0.2, 0) is 0 Å². The maximum atomic E-state index is 12.4. The van der Waals surface area contributed by atoms with Gasteiger partial charge in [0.2, 0.25) is 5.95 Å². The normalized spacial score (nSPS) is 17.1. The van der Waals surface area contributed by atoms with Gasteiger partial charge in [0.25, 0.3) is 0 Å². The van der Waals surface area contributed by atoms with Crippen LogP contribution in [0.4, 0.5) is 16.6 Å². The molecule has 4 rings (SSSR count). The van der Waals surface area contributed by atoms with Crippen molar-refractivity contribution < 1.29 is 4.79 Å². The second-order valence-electron chi connectivity index (χ2n) is 7.89. The van der Waals surface area contributed by atoms with E-state index in [0.29, 0.717) is 29.3 Å². The van der Waals surface area contributed by atoms with Crippen molar-refractivity contribution in [3.8, 4) is 5.69 Å². The molecule has 0 radical (unpaired) electrons. The van der Waals surface area contributed by atoms with Crippen LogP contribution >= 0.6 is 11.6 Å². The van der Waals surface area contributed by atoms with Gasteiger partial charge in [-0.15, -0.1) is 0 Å². The third-order valence-electron chi connectivity index (χ3n) is 5.47. The van der Waals surface area contributed by atoms with Crippen molar-refractivity contribution in [1.29, 1.82) is 0 Å². The molecule has 2 aromatic heterocycles. The third kappa shape index (κ3) is 4.49. The molecule has 2 amide bonds. The number of imidazole rings is 1. The number of urea groups is 1. The molecule has 0 bridgehead atoms. The highest BCUT2D eigenvalue weighted by Gasteiger charge is 2.35. The predicted molar refractivity (Wildman–Crippen MR) is 122 cm³/mol. The largest absolute Gasteiger partial charge is 0.346 e. The Balaban J connectivity index is 1.54. The minimum Gasteiger partial charge on any atom is -0.346 e. The van der Waals surface area contributed by atoms with E-state index in [9.17, 15) is 4.79 Å². The molecule has 1 unspecified atom stereocenters. The van der Waals surface area contributed by atoms with Crippen LogP contribution in [0, 0.1) is 5.92 Å². The Kier molecular flexibility index (Phi) is 6.08. The van der Waals surface area contributed by atoms with Crippen molar-refractivity contribution >= 4 is 29.4 Å². The van der Waals surface area contributed by atoms with Crippen molar-refractivity contribution in [3.63, 3.8) is 0 Å². The highest BCUT2D eigenvalue weighted by Crippen LogP contribution is 2.25. The van der Waals surface area contributed by atoms with Gasteiger partial charge in [0, 0.05) is 29.6 Å². The molecule has 2 N–H and O–H groups in total. The van der Waals surface area contributed by atoms with Gasteiger partial charge in [-0.1, -0.05) is 32.4 Å². The van der Waals surface area contributed by atoms with Crippen LogP contribution in [0.1, 0.15) is 38.9 Å². The fourth-order valence-corrected chi connectivity index (χ4v) is 3.82. The van der Waals surface area contributed by atoms with E-state index in [2.05, 4.69) is 46.4 Å². The molecule has 9 heteroatoms. The van der Waals surface area contributed by atoms with Crippen molar-refractivity contribution in [2.24, 2.45) is 5.92 Å². The highest BCUT2D eigenvalue weighted by atomic mass is 35.5. The number of benzene rings is 1. The summed E-state index contributed by atoms with van der Waals surface area (Å²) in [6.07, 6.45) is 6.23. The molecule has 1 aromatic carbocycles. The monoisotopic (exact) mass is 439 g/mol. The molecule has 1 aliphatic heterocycles. The van der Waals surface area contributed by atoms with Gasteiger partial charge in [0.15, 0.2) is 0 Å². The van der Waals surface area contributed by atoms with Crippen LogP contribution in [0.25, 0.3) is 5.69 Å². The summed E-state index contributed by atoms with van der Waals surface area (Å²) in [6.45, 7) is 6.89. The van der Waals surface area contributed by atoms with Crippen LogP contribution in [0.2, 0.25) is 5.02 Å². The number of aromatic nitrogens is 4. The van der Waals surface area contributed by atoms with E-state index < -0.39 is 0 Å². The number of amides is 2. The summed E-state index contributed by atoms with van der Waals surface area (Å²) < 4.78 is 1.95. The Labute approximate surface area is 186 Å². The zero-order valence-corrected chi connectivity index (χ0v) is 18.5. The van der Waals surface area contributed by atoms with Gasteiger partial charge in [-0.05, 0) is 42.7 Å². The molecule has 3 aromatic rings. The van der Waals surface area contributed by atoms with Gasteiger partial charge in [0.05, 0.1) is 24.1 Å². The van der Waals surface area contributed by atoms with E-state index in [0.717, 1.165) is 17.8 Å². The summed E-state index contributed by atoms with van der Waals surface area (Å²) in [4.78, 5) is 27.6. The molecule has 0 saturated carbocycles. The first-order chi connectivity index (χ1) is 15.0. The highest BCUT2D eigenvalue weighted by molar-refractivity contribution is 6.30. The van der Waals surface area contributed by atoms with Gasteiger partial charge in [0.1, 0.15) is 5.82 Å². The quantitative estimate of drug-likeness (QED) is 0.568. The first kappa shape index (κ1) is 21.1. The standard InChI is InChI=1S/C22H26ClN7O/c1-4-17(18-12-29(13-26-18)16-7-5-15(23)6-8-16)27-21-24-10-9-20(28-21)30-19(14(2)3)11-25-22(30)31/h5-10,12-14,17,19H,4,11H2,1-3H3,(H,25,31)(H,24,27,28)/t17?,19-/m1/s1. The van der Waals surface area contributed by atoms with Crippen LogP contribution in [0.15, 0.2) is 49.1 Å². The molecule has 31 heavy (non-hydrogen) atoms. The summed E-state index contributed by atoms with van der Waals surface area (Å²) >= 11 is 5.99. The lowest BCUT2D eigenvalue weighted by atomic mass is 10.0. The molecule has 2 atom stereocenters. The maximum absolute atomic E-state index is 12.4. The van der Waals surface area contributed by atoms with Gasteiger partial charge < -0.3 is 15.2 Å². The number of hydrogen-bond donors (Lipinski definition) is 2. The molecule has 3 heterocycles. The van der Waals surface area contributed by atoms with E-state index >= 15 is 0 Å². The summed E-state index contributed by atoms with van der Waals surface area (Å²) in [7, 11) is 0. The zero-order chi connectivity index (χ0) is 22.0. The Morgan fingerprint density at radius 1 is 1.23 bits per heavy atom. The Morgan fingerprint density at radius 2 is 2.00 bits per heavy atom. The average Bonchev–Trinajstić information content (AvgIpc) is 3.40. The zero-order valence-electron chi connectivity index (χ0n) is 17.8. The Morgan fingerprint density at radius 3 is 2.71 bits per heavy atom. The lowest BCUT2D eigenvalue weighted by Gasteiger charge is -2.25. The molecule has 1 aliphatic rings. The number of carbonyl (C=O) groups excluding carboxylic acids is 1. The number of anilines is 2. The molecule has 0 aliphatic carbocycles. The first-order valence-electron chi connectivity index (χ1n) is 10.4. The van der Waals surface area contributed by atoms with Crippen LogP contribution in [0.5, 0.6) is 0 Å². The molecular formula is C22H26ClN7O. The number of carbonyl (C=O) groups is 1. The minimum absolute atomic E-state index is 0.0623. The summed E-state index contributed by atoms with van der Waals surface area (Å²) in [5, 5.41) is 6.96. The Bertz CT molecular complexity index is 1050. The van der Waals surface area contributed by atoms with Crippen molar-refractivity contribution in [1.82, 2.24) is 24.8 Å². The number of rotatable bonds is 7. The molecule has 0 spiro atoms. The predicted octanol–water partition coefficient (Wildman–Crippen LogP) is 4.43. The van der Waals surface area contributed by atoms with E-state index in [1.165, 1.54) is 0 Å². The van der Waals surface area contributed by atoms with E-state index in [1.54, 1.807) is 23.5 Å². The fourth-order valence-electron chi connectivity index (χ4n) is 3.69. The maximum Gasteiger partial charge on any atom is 0.323 e. The number of nitrogens with one attached hydrogen (secondary N) is 2. The molecular weight excluding hydrogens is 414 g/mol. The number of nitrogens with zero attached hydrogens (tertiary/aromatic N) is 5. The number of halogens is 1. The third-order valence-corrected chi connectivity index (χ3v) is 5.72. The Hall–Kier alpha value is -3.13. The SMILES string of the molecule is CCC(Nc1nccc(N2C(=O)NC[C@@H]2C(C)C)n1)c1cn(-c2ccc(Cl)cc2)cn1. The molecule has 1 saturated heterocycles. The lowest BCUT2D eigenvalue weighted by molar-refractivity contribution is 0.251. The van der Waals surface area contributed by atoms with Gasteiger partial charge in [-0.2, -0.15) is 4.98 Å². The average molecular weight is 440 g/mol. The first-order valence-corrected chi connectivity index (χ1v) is 10.8. The van der Waals surface area contributed by atoms with Gasteiger partial charge in [-0.25, -0.2) is 14.8 Å². The topological polar surface area (TPSA) is 88.0 Å².